The van der Waals surface area contributed by atoms with Crippen molar-refractivity contribution in [1.29, 1.82) is 0 Å². The van der Waals surface area contributed by atoms with Gasteiger partial charge >= 0.3 is 0 Å². The maximum Gasteiger partial charge on any atom is 0.233 e. The molecule has 0 aliphatic heterocycles. The first-order chi connectivity index (χ1) is 17.4. The number of aromatic nitrogens is 6. The second-order valence-corrected chi connectivity index (χ2v) is 8.46. The van der Waals surface area contributed by atoms with Crippen molar-refractivity contribution >= 4 is 45.6 Å². The summed E-state index contributed by atoms with van der Waals surface area (Å²) in [5.41, 5.74) is 3.90. The van der Waals surface area contributed by atoms with Crippen molar-refractivity contribution in [2.45, 2.75) is 19.9 Å². The van der Waals surface area contributed by atoms with Crippen molar-refractivity contribution in [3.63, 3.8) is 0 Å². The van der Waals surface area contributed by atoms with E-state index in [1.165, 1.54) is 0 Å². The maximum atomic E-state index is 5.50. The van der Waals surface area contributed by atoms with Crippen molar-refractivity contribution in [3.8, 4) is 17.2 Å². The largest absolute Gasteiger partial charge is 0.493 e. The molecule has 0 saturated heterocycles. The number of hydrogen-bond donors (Lipinski definition) is 2. The Morgan fingerprint density at radius 3 is 2.25 bits per heavy atom. The summed E-state index contributed by atoms with van der Waals surface area (Å²) < 4.78 is 20.4. The molecule has 11 nitrogen and oxygen atoms in total. The Labute approximate surface area is 208 Å². The van der Waals surface area contributed by atoms with E-state index in [2.05, 4.69) is 29.5 Å². The van der Waals surface area contributed by atoms with Crippen molar-refractivity contribution in [3.05, 3.63) is 42.7 Å². The summed E-state index contributed by atoms with van der Waals surface area (Å²) in [4.78, 5) is 18.8. The molecular weight excluding hydrogens is 460 g/mol. The Hall–Kier alpha value is -4.54. The summed E-state index contributed by atoms with van der Waals surface area (Å²) in [7, 11) is 6.67. The summed E-state index contributed by atoms with van der Waals surface area (Å²) in [6, 6.07) is 11.7. The number of para-hydroxylation sites is 2. The smallest absolute Gasteiger partial charge is 0.233 e. The second kappa shape index (κ2) is 9.25. The molecule has 0 spiro atoms. The fraction of sp³-hybridized carbons (Fsp3) is 0.280. The summed E-state index contributed by atoms with van der Waals surface area (Å²) in [5, 5.41) is 6.64. The Kier molecular flexibility index (Phi) is 5.96. The van der Waals surface area contributed by atoms with E-state index < -0.39 is 0 Å². The number of imidazole rings is 2. The van der Waals surface area contributed by atoms with E-state index in [0.717, 1.165) is 11.0 Å². The Balaban J connectivity index is 1.61. The minimum Gasteiger partial charge on any atom is -0.493 e. The van der Waals surface area contributed by atoms with E-state index >= 15 is 0 Å². The van der Waals surface area contributed by atoms with Gasteiger partial charge in [-0.25, -0.2) is 9.97 Å². The highest BCUT2D eigenvalue weighted by Gasteiger charge is 2.19. The number of nitrogens with one attached hydrogen (secondary N) is 2. The quantitative estimate of drug-likeness (QED) is 0.318. The van der Waals surface area contributed by atoms with Crippen LogP contribution in [0.4, 0.5) is 23.4 Å². The van der Waals surface area contributed by atoms with Gasteiger partial charge in [-0.2, -0.15) is 9.97 Å². The monoisotopic (exact) mass is 488 g/mol. The topological polar surface area (TPSA) is 113 Å². The molecule has 5 aromatic rings. The summed E-state index contributed by atoms with van der Waals surface area (Å²) in [5.74, 6) is 3.09. The van der Waals surface area contributed by atoms with Gasteiger partial charge in [0.1, 0.15) is 0 Å². The van der Waals surface area contributed by atoms with E-state index in [1.807, 2.05) is 52.6 Å². The summed E-state index contributed by atoms with van der Waals surface area (Å²) in [6.45, 7) is 4.15. The molecule has 0 aliphatic rings. The molecule has 0 fully saturated rings. The third kappa shape index (κ3) is 3.98. The number of fused-ring (bicyclic) bond motifs is 2. The van der Waals surface area contributed by atoms with Crippen LogP contribution in [0.3, 0.4) is 0 Å². The fourth-order valence-corrected chi connectivity index (χ4v) is 4.08. The van der Waals surface area contributed by atoms with Gasteiger partial charge in [0.05, 0.1) is 38.7 Å². The molecule has 0 amide bonds. The lowest BCUT2D eigenvalue weighted by atomic mass is 10.2. The lowest BCUT2D eigenvalue weighted by Crippen LogP contribution is -2.07. The molecule has 11 heteroatoms. The van der Waals surface area contributed by atoms with Crippen LogP contribution >= 0.6 is 0 Å². The third-order valence-electron chi connectivity index (χ3n) is 5.92. The van der Waals surface area contributed by atoms with Crippen LogP contribution < -0.4 is 24.8 Å². The number of methoxy groups -OCH3 is 3. The van der Waals surface area contributed by atoms with E-state index in [0.29, 0.717) is 51.8 Å². The van der Waals surface area contributed by atoms with E-state index in [1.54, 1.807) is 27.7 Å². The van der Waals surface area contributed by atoms with Crippen molar-refractivity contribution in [2.24, 2.45) is 7.05 Å². The molecule has 3 heterocycles. The van der Waals surface area contributed by atoms with Gasteiger partial charge in [-0.1, -0.05) is 12.1 Å². The van der Waals surface area contributed by atoms with Crippen LogP contribution in [0.25, 0.3) is 22.2 Å². The maximum absolute atomic E-state index is 5.50. The normalized spacial score (nSPS) is 11.3. The summed E-state index contributed by atoms with van der Waals surface area (Å²) >= 11 is 0. The summed E-state index contributed by atoms with van der Waals surface area (Å²) in [6.07, 6.45) is 1.77. The third-order valence-corrected chi connectivity index (χ3v) is 5.92. The Bertz CT molecular complexity index is 1530. The molecule has 0 saturated carbocycles. The van der Waals surface area contributed by atoms with Gasteiger partial charge < -0.3 is 28.7 Å². The lowest BCUT2D eigenvalue weighted by Gasteiger charge is -2.15. The average molecular weight is 489 g/mol. The average Bonchev–Trinajstić information content (AvgIpc) is 3.45. The Morgan fingerprint density at radius 1 is 0.889 bits per heavy atom. The van der Waals surface area contributed by atoms with Gasteiger partial charge in [0.2, 0.25) is 17.6 Å². The molecular formula is C25H28N8O3. The predicted molar refractivity (Wildman–Crippen MR) is 139 cm³/mol. The van der Waals surface area contributed by atoms with Crippen LogP contribution in [0.2, 0.25) is 0 Å². The lowest BCUT2D eigenvalue weighted by molar-refractivity contribution is 0.324. The molecule has 0 bridgehead atoms. The molecule has 5 rings (SSSR count). The van der Waals surface area contributed by atoms with Gasteiger partial charge in [-0.15, -0.1) is 0 Å². The molecule has 0 aliphatic carbocycles. The SMILES string of the molecule is COc1cc(Nc2nc(Nc3nc4ccccc4n3C)nc3c2ncn3C(C)C)cc(OC)c1OC. The standard InChI is InChI=1S/C25H28N8O3/c1-14(2)33-13-26-20-22(27-15-11-18(34-4)21(36-6)19(12-15)35-5)29-24(30-23(20)33)31-25-28-16-9-7-8-10-17(16)32(25)3/h7-14H,1-6H3,(H2,27,28,29,30,31). The Morgan fingerprint density at radius 2 is 1.61 bits per heavy atom. The number of nitrogens with zero attached hydrogens (tertiary/aromatic N) is 6. The number of anilines is 4. The predicted octanol–water partition coefficient (Wildman–Crippen LogP) is 4.81. The first kappa shape index (κ1) is 23.2. The zero-order valence-corrected chi connectivity index (χ0v) is 21.0. The van der Waals surface area contributed by atoms with Crippen LogP contribution in [0.5, 0.6) is 17.2 Å². The van der Waals surface area contributed by atoms with Crippen molar-refractivity contribution < 1.29 is 14.2 Å². The highest BCUT2D eigenvalue weighted by atomic mass is 16.5. The molecule has 2 aromatic carbocycles. The van der Waals surface area contributed by atoms with Crippen LogP contribution in [0, 0.1) is 0 Å². The zero-order valence-electron chi connectivity index (χ0n) is 21.0. The van der Waals surface area contributed by atoms with E-state index in [9.17, 15) is 0 Å². The number of benzene rings is 2. The van der Waals surface area contributed by atoms with Crippen molar-refractivity contribution in [1.82, 2.24) is 29.1 Å². The van der Waals surface area contributed by atoms with Crippen LogP contribution in [0.1, 0.15) is 19.9 Å². The van der Waals surface area contributed by atoms with Gasteiger partial charge in [-0.3, -0.25) is 5.32 Å². The molecule has 186 valence electrons. The molecule has 2 N–H and O–H groups in total. The number of rotatable bonds is 8. The van der Waals surface area contributed by atoms with Crippen LogP contribution in [-0.2, 0) is 7.05 Å². The van der Waals surface area contributed by atoms with Gasteiger partial charge in [0.25, 0.3) is 0 Å². The molecule has 3 aromatic heterocycles. The zero-order chi connectivity index (χ0) is 25.4. The first-order valence-electron chi connectivity index (χ1n) is 11.4. The number of aryl methyl sites for hydroxylation is 1. The highest BCUT2D eigenvalue weighted by Crippen LogP contribution is 2.41. The van der Waals surface area contributed by atoms with Crippen LogP contribution in [-0.4, -0.2) is 50.4 Å². The van der Waals surface area contributed by atoms with Gasteiger partial charge in [0.15, 0.2) is 28.5 Å². The van der Waals surface area contributed by atoms with Gasteiger partial charge in [-0.05, 0) is 26.0 Å². The van der Waals surface area contributed by atoms with Crippen molar-refractivity contribution in [2.75, 3.05) is 32.0 Å². The first-order valence-corrected chi connectivity index (χ1v) is 11.4. The number of ether oxygens (including phenoxy) is 3. The van der Waals surface area contributed by atoms with Gasteiger partial charge in [0, 0.05) is 30.9 Å². The van der Waals surface area contributed by atoms with E-state index in [4.69, 9.17) is 29.2 Å². The molecule has 36 heavy (non-hydrogen) atoms. The molecule has 0 unspecified atom stereocenters. The molecule has 0 atom stereocenters. The molecule has 0 radical (unpaired) electrons. The highest BCUT2D eigenvalue weighted by molar-refractivity contribution is 5.88. The number of hydrogen-bond acceptors (Lipinski definition) is 9. The fourth-order valence-electron chi connectivity index (χ4n) is 4.08. The minimum absolute atomic E-state index is 0.155. The minimum atomic E-state index is 0.155. The van der Waals surface area contributed by atoms with Crippen LogP contribution in [0.15, 0.2) is 42.7 Å². The van der Waals surface area contributed by atoms with E-state index in [-0.39, 0.29) is 6.04 Å². The second-order valence-electron chi connectivity index (χ2n) is 8.46.